The van der Waals surface area contributed by atoms with E-state index in [-0.39, 0.29) is 0 Å². The van der Waals surface area contributed by atoms with E-state index in [4.69, 9.17) is 0 Å². The van der Waals surface area contributed by atoms with Crippen molar-refractivity contribution in [1.29, 1.82) is 0 Å². The minimum Gasteiger partial charge on any atom is -0.0622 e. The number of aryl methyl sites for hydroxylation is 2. The standard InChI is InChI=1S/C19H22/c1-15-8-11-17(12-9-15)19(2)14-18(19)13-10-16-6-4-3-5-7-16/h3-9,11-12,18H,10,13-14H2,1-2H3. The Bertz CT molecular complexity index is 538. The van der Waals surface area contributed by atoms with Crippen molar-refractivity contribution in [3.63, 3.8) is 0 Å². The summed E-state index contributed by atoms with van der Waals surface area (Å²) in [5.41, 5.74) is 4.79. The summed E-state index contributed by atoms with van der Waals surface area (Å²) in [6.45, 7) is 4.58. The molecule has 98 valence electrons. The lowest BCUT2D eigenvalue weighted by molar-refractivity contribution is 0.612. The highest BCUT2D eigenvalue weighted by molar-refractivity contribution is 5.34. The molecule has 2 aromatic carbocycles. The van der Waals surface area contributed by atoms with Gasteiger partial charge in [0.25, 0.3) is 0 Å². The molecular formula is C19H22. The third-order valence-electron chi connectivity index (χ3n) is 4.75. The maximum atomic E-state index is 2.42. The molecule has 1 fully saturated rings. The van der Waals surface area contributed by atoms with Gasteiger partial charge in [-0.1, -0.05) is 67.1 Å². The van der Waals surface area contributed by atoms with Gasteiger partial charge in [0.1, 0.15) is 0 Å². The lowest BCUT2D eigenvalue weighted by Gasteiger charge is -2.12. The quantitative estimate of drug-likeness (QED) is 0.723. The van der Waals surface area contributed by atoms with Crippen LogP contribution in [0.4, 0.5) is 0 Å². The molecule has 0 bridgehead atoms. The van der Waals surface area contributed by atoms with E-state index in [9.17, 15) is 0 Å². The van der Waals surface area contributed by atoms with E-state index in [0.29, 0.717) is 5.41 Å². The van der Waals surface area contributed by atoms with E-state index in [2.05, 4.69) is 68.4 Å². The first-order valence-electron chi connectivity index (χ1n) is 7.29. The van der Waals surface area contributed by atoms with Crippen molar-refractivity contribution in [2.45, 2.75) is 38.5 Å². The van der Waals surface area contributed by atoms with E-state index in [1.165, 1.54) is 36.0 Å². The second kappa shape index (κ2) is 4.85. The average molecular weight is 250 g/mol. The third kappa shape index (κ3) is 2.58. The molecule has 0 heterocycles. The Labute approximate surface area is 116 Å². The fraction of sp³-hybridized carbons (Fsp3) is 0.368. The Morgan fingerprint density at radius 2 is 1.68 bits per heavy atom. The van der Waals surface area contributed by atoms with Gasteiger partial charge in [-0.25, -0.2) is 0 Å². The first-order chi connectivity index (χ1) is 9.18. The van der Waals surface area contributed by atoms with Crippen LogP contribution >= 0.6 is 0 Å². The number of rotatable bonds is 4. The van der Waals surface area contributed by atoms with Gasteiger partial charge in [0.2, 0.25) is 0 Å². The van der Waals surface area contributed by atoms with Crippen molar-refractivity contribution < 1.29 is 0 Å². The molecule has 0 radical (unpaired) electrons. The Morgan fingerprint density at radius 1 is 1.00 bits per heavy atom. The fourth-order valence-electron chi connectivity index (χ4n) is 3.15. The lowest BCUT2D eigenvalue weighted by Crippen LogP contribution is -2.05. The van der Waals surface area contributed by atoms with Crippen LogP contribution < -0.4 is 0 Å². The van der Waals surface area contributed by atoms with Crippen molar-refractivity contribution in [3.05, 3.63) is 71.3 Å². The van der Waals surface area contributed by atoms with Gasteiger partial charge in [-0.15, -0.1) is 0 Å². The van der Waals surface area contributed by atoms with Crippen LogP contribution in [0.3, 0.4) is 0 Å². The zero-order valence-corrected chi connectivity index (χ0v) is 11.9. The van der Waals surface area contributed by atoms with E-state index in [1.54, 1.807) is 0 Å². The fourth-order valence-corrected chi connectivity index (χ4v) is 3.15. The van der Waals surface area contributed by atoms with Gasteiger partial charge >= 0.3 is 0 Å². The van der Waals surface area contributed by atoms with Gasteiger partial charge in [0, 0.05) is 0 Å². The smallest absolute Gasteiger partial charge is 0.00436 e. The molecule has 1 aliphatic rings. The molecule has 2 aromatic rings. The maximum absolute atomic E-state index is 2.42. The molecule has 0 N–H and O–H groups in total. The van der Waals surface area contributed by atoms with Gasteiger partial charge in [0.15, 0.2) is 0 Å². The van der Waals surface area contributed by atoms with Crippen LogP contribution in [0.15, 0.2) is 54.6 Å². The summed E-state index contributed by atoms with van der Waals surface area (Å²) < 4.78 is 0. The molecule has 0 amide bonds. The van der Waals surface area contributed by atoms with E-state index < -0.39 is 0 Å². The van der Waals surface area contributed by atoms with Crippen molar-refractivity contribution >= 4 is 0 Å². The van der Waals surface area contributed by atoms with Crippen LogP contribution in [0, 0.1) is 12.8 Å². The Morgan fingerprint density at radius 3 is 2.37 bits per heavy atom. The van der Waals surface area contributed by atoms with E-state index in [1.807, 2.05) is 0 Å². The maximum Gasteiger partial charge on any atom is -0.00436 e. The monoisotopic (exact) mass is 250 g/mol. The minimum absolute atomic E-state index is 0.433. The highest BCUT2D eigenvalue weighted by Crippen LogP contribution is 2.56. The van der Waals surface area contributed by atoms with Gasteiger partial charge < -0.3 is 0 Å². The SMILES string of the molecule is Cc1ccc(C2(C)CC2CCc2ccccc2)cc1. The number of benzene rings is 2. The van der Waals surface area contributed by atoms with Crippen LogP contribution in [0.1, 0.15) is 36.5 Å². The summed E-state index contributed by atoms with van der Waals surface area (Å²) >= 11 is 0. The van der Waals surface area contributed by atoms with Gasteiger partial charge in [-0.3, -0.25) is 0 Å². The molecule has 3 rings (SSSR count). The van der Waals surface area contributed by atoms with Crippen molar-refractivity contribution in [1.82, 2.24) is 0 Å². The topological polar surface area (TPSA) is 0 Å². The Kier molecular flexibility index (Phi) is 3.18. The highest BCUT2D eigenvalue weighted by Gasteiger charge is 2.50. The average Bonchev–Trinajstić information content (AvgIpc) is 3.11. The van der Waals surface area contributed by atoms with Crippen LogP contribution in [0.5, 0.6) is 0 Å². The Balaban J connectivity index is 1.62. The van der Waals surface area contributed by atoms with Crippen LogP contribution in [0.25, 0.3) is 0 Å². The van der Waals surface area contributed by atoms with Gasteiger partial charge in [-0.05, 0) is 48.6 Å². The summed E-state index contributed by atoms with van der Waals surface area (Å²) in [6.07, 6.45) is 3.88. The number of hydrogen-bond donors (Lipinski definition) is 0. The van der Waals surface area contributed by atoms with E-state index >= 15 is 0 Å². The summed E-state index contributed by atoms with van der Waals surface area (Å²) in [4.78, 5) is 0. The van der Waals surface area contributed by atoms with Gasteiger partial charge in [-0.2, -0.15) is 0 Å². The molecule has 0 heteroatoms. The first-order valence-corrected chi connectivity index (χ1v) is 7.29. The lowest BCUT2D eigenvalue weighted by atomic mass is 9.92. The normalized spacial score (nSPS) is 25.3. The van der Waals surface area contributed by atoms with Crippen LogP contribution in [0.2, 0.25) is 0 Å². The molecule has 19 heavy (non-hydrogen) atoms. The molecular weight excluding hydrogens is 228 g/mol. The van der Waals surface area contributed by atoms with Gasteiger partial charge in [0.05, 0.1) is 0 Å². The zero-order chi connectivity index (χ0) is 13.3. The largest absolute Gasteiger partial charge is 0.0622 e. The minimum atomic E-state index is 0.433. The zero-order valence-electron chi connectivity index (χ0n) is 11.9. The predicted molar refractivity (Wildman–Crippen MR) is 81.4 cm³/mol. The summed E-state index contributed by atoms with van der Waals surface area (Å²) in [6, 6.07) is 20.0. The van der Waals surface area contributed by atoms with Crippen molar-refractivity contribution in [3.8, 4) is 0 Å². The molecule has 0 saturated heterocycles. The molecule has 2 unspecified atom stereocenters. The Hall–Kier alpha value is -1.56. The van der Waals surface area contributed by atoms with Crippen molar-refractivity contribution in [2.75, 3.05) is 0 Å². The second-order valence-electron chi connectivity index (χ2n) is 6.21. The molecule has 0 aliphatic heterocycles. The molecule has 0 nitrogen and oxygen atoms in total. The van der Waals surface area contributed by atoms with Crippen LogP contribution in [-0.2, 0) is 11.8 Å². The third-order valence-corrected chi connectivity index (χ3v) is 4.75. The molecule has 2 atom stereocenters. The van der Waals surface area contributed by atoms with E-state index in [0.717, 1.165) is 5.92 Å². The number of hydrogen-bond acceptors (Lipinski definition) is 0. The van der Waals surface area contributed by atoms with Crippen molar-refractivity contribution in [2.24, 2.45) is 5.92 Å². The molecule has 1 saturated carbocycles. The molecule has 0 aromatic heterocycles. The molecule has 1 aliphatic carbocycles. The summed E-state index contributed by atoms with van der Waals surface area (Å²) in [5.74, 6) is 0.857. The molecule has 0 spiro atoms. The predicted octanol–water partition coefficient (Wildman–Crippen LogP) is 4.91. The summed E-state index contributed by atoms with van der Waals surface area (Å²) in [7, 11) is 0. The second-order valence-corrected chi connectivity index (χ2v) is 6.21. The van der Waals surface area contributed by atoms with Crippen LogP contribution in [-0.4, -0.2) is 0 Å². The highest BCUT2D eigenvalue weighted by atomic mass is 14.5. The summed E-state index contributed by atoms with van der Waals surface area (Å²) in [5, 5.41) is 0. The first kappa shape index (κ1) is 12.5.